The summed E-state index contributed by atoms with van der Waals surface area (Å²) < 4.78 is 0. The van der Waals surface area contributed by atoms with Crippen LogP contribution >= 0.6 is 0 Å². The van der Waals surface area contributed by atoms with Crippen LogP contribution in [-0.2, 0) is 0 Å². The van der Waals surface area contributed by atoms with Gasteiger partial charge in [-0.2, -0.15) is 0 Å². The lowest BCUT2D eigenvalue weighted by Crippen LogP contribution is -2.12. The Hall–Kier alpha value is -1.22. The van der Waals surface area contributed by atoms with E-state index < -0.39 is 0 Å². The highest BCUT2D eigenvalue weighted by Crippen LogP contribution is 2.27. The normalized spacial score (nSPS) is 12.8. The minimum Gasteiger partial charge on any atom is -0.508 e. The lowest BCUT2D eigenvalue weighted by Gasteiger charge is -2.11. The Bertz CT molecular complexity index is 273. The van der Waals surface area contributed by atoms with Gasteiger partial charge in [-0.05, 0) is 20.0 Å². The minimum atomic E-state index is 0.0829. The highest BCUT2D eigenvalue weighted by molar-refractivity contribution is 5.40. The molecule has 0 aliphatic rings. The van der Waals surface area contributed by atoms with Crippen LogP contribution in [0.2, 0.25) is 0 Å². The van der Waals surface area contributed by atoms with Gasteiger partial charge in [0.05, 0.1) is 0 Å². The van der Waals surface area contributed by atoms with Gasteiger partial charge in [0.1, 0.15) is 11.5 Å². The van der Waals surface area contributed by atoms with E-state index in [0.717, 1.165) is 5.56 Å². The van der Waals surface area contributed by atoms with Gasteiger partial charge < -0.3 is 15.5 Å². The van der Waals surface area contributed by atoms with Crippen LogP contribution in [0.5, 0.6) is 11.5 Å². The van der Waals surface area contributed by atoms with E-state index in [1.165, 1.54) is 6.07 Å². The fourth-order valence-corrected chi connectivity index (χ4v) is 1.05. The molecule has 0 amide bonds. The van der Waals surface area contributed by atoms with Crippen LogP contribution in [0, 0.1) is 0 Å². The van der Waals surface area contributed by atoms with Crippen molar-refractivity contribution in [1.29, 1.82) is 0 Å². The summed E-state index contributed by atoms with van der Waals surface area (Å²) >= 11 is 0. The Kier molecular flexibility index (Phi) is 2.55. The summed E-state index contributed by atoms with van der Waals surface area (Å²) in [5.41, 5.74) is 0.787. The topological polar surface area (TPSA) is 52.5 Å². The first-order valence-electron chi connectivity index (χ1n) is 3.84. The lowest BCUT2D eigenvalue weighted by atomic mass is 10.1. The fourth-order valence-electron chi connectivity index (χ4n) is 1.05. The lowest BCUT2D eigenvalue weighted by molar-refractivity contribution is 0.439. The second-order valence-electron chi connectivity index (χ2n) is 2.75. The Morgan fingerprint density at radius 2 is 2.00 bits per heavy atom. The molecule has 1 rings (SSSR count). The first-order chi connectivity index (χ1) is 5.65. The van der Waals surface area contributed by atoms with Crippen molar-refractivity contribution in [2.75, 3.05) is 7.05 Å². The second kappa shape index (κ2) is 3.45. The van der Waals surface area contributed by atoms with E-state index in [4.69, 9.17) is 5.11 Å². The molecule has 0 bridgehead atoms. The van der Waals surface area contributed by atoms with Crippen molar-refractivity contribution in [2.45, 2.75) is 13.0 Å². The number of nitrogens with one attached hydrogen (secondary N) is 1. The van der Waals surface area contributed by atoms with E-state index in [1.54, 1.807) is 12.1 Å². The highest BCUT2D eigenvalue weighted by atomic mass is 16.3. The van der Waals surface area contributed by atoms with Crippen LogP contribution < -0.4 is 5.32 Å². The van der Waals surface area contributed by atoms with Gasteiger partial charge in [-0.1, -0.05) is 6.07 Å². The number of benzene rings is 1. The van der Waals surface area contributed by atoms with Crippen molar-refractivity contribution in [1.82, 2.24) is 5.32 Å². The molecule has 0 fully saturated rings. The molecule has 0 spiro atoms. The number of phenolic OH excluding ortho intramolecular Hbond substituents is 2. The summed E-state index contributed by atoms with van der Waals surface area (Å²) in [5.74, 6) is 0.205. The molecule has 1 aromatic rings. The molecule has 0 radical (unpaired) electrons. The third-order valence-electron chi connectivity index (χ3n) is 1.91. The van der Waals surface area contributed by atoms with Crippen molar-refractivity contribution < 1.29 is 10.2 Å². The molecule has 12 heavy (non-hydrogen) atoms. The highest BCUT2D eigenvalue weighted by Gasteiger charge is 2.07. The van der Waals surface area contributed by atoms with E-state index in [0.29, 0.717) is 0 Å². The Morgan fingerprint density at radius 3 is 2.50 bits per heavy atom. The van der Waals surface area contributed by atoms with E-state index >= 15 is 0 Å². The third-order valence-corrected chi connectivity index (χ3v) is 1.91. The van der Waals surface area contributed by atoms with Gasteiger partial charge in [-0.25, -0.2) is 0 Å². The zero-order valence-electron chi connectivity index (χ0n) is 7.20. The molecule has 0 aromatic heterocycles. The molecule has 0 saturated heterocycles. The largest absolute Gasteiger partial charge is 0.508 e. The van der Waals surface area contributed by atoms with Gasteiger partial charge in [-0.3, -0.25) is 0 Å². The number of phenols is 2. The molecule has 0 aliphatic carbocycles. The molecule has 3 nitrogen and oxygen atoms in total. The summed E-state index contributed by atoms with van der Waals surface area (Å²) in [6, 6.07) is 4.68. The SMILES string of the molecule is CN[C@@H](C)c1ccc(O)cc1O. The minimum absolute atomic E-state index is 0.0829. The van der Waals surface area contributed by atoms with Crippen molar-refractivity contribution in [3.8, 4) is 11.5 Å². The third kappa shape index (κ3) is 1.68. The molecule has 0 unspecified atom stereocenters. The van der Waals surface area contributed by atoms with E-state index in [2.05, 4.69) is 5.32 Å². The first kappa shape index (κ1) is 8.87. The van der Waals surface area contributed by atoms with Crippen LogP contribution in [0.25, 0.3) is 0 Å². The summed E-state index contributed by atoms with van der Waals surface area (Å²) in [6.45, 7) is 1.94. The zero-order valence-corrected chi connectivity index (χ0v) is 7.20. The van der Waals surface area contributed by atoms with Gasteiger partial charge in [0.2, 0.25) is 0 Å². The molecular weight excluding hydrogens is 154 g/mol. The van der Waals surface area contributed by atoms with Crippen molar-refractivity contribution >= 4 is 0 Å². The van der Waals surface area contributed by atoms with Crippen LogP contribution in [0.3, 0.4) is 0 Å². The molecule has 3 heteroatoms. The van der Waals surface area contributed by atoms with Gasteiger partial charge >= 0.3 is 0 Å². The van der Waals surface area contributed by atoms with Gasteiger partial charge in [0.25, 0.3) is 0 Å². The van der Waals surface area contributed by atoms with E-state index in [9.17, 15) is 5.11 Å². The summed E-state index contributed by atoms with van der Waals surface area (Å²) in [4.78, 5) is 0. The Balaban J connectivity index is 3.01. The average molecular weight is 167 g/mol. The fraction of sp³-hybridized carbons (Fsp3) is 0.333. The van der Waals surface area contributed by atoms with E-state index in [-0.39, 0.29) is 17.5 Å². The standard InChI is InChI=1S/C9H13NO2/c1-6(10-2)8-4-3-7(11)5-9(8)12/h3-6,10-12H,1-2H3/t6-/m0/s1. The summed E-state index contributed by atoms with van der Waals surface area (Å²) in [7, 11) is 1.82. The molecule has 1 atom stereocenters. The number of aromatic hydroxyl groups is 2. The van der Waals surface area contributed by atoms with Crippen LogP contribution in [0.1, 0.15) is 18.5 Å². The summed E-state index contributed by atoms with van der Waals surface area (Å²) in [5, 5.41) is 21.4. The van der Waals surface area contributed by atoms with E-state index in [1.807, 2.05) is 14.0 Å². The van der Waals surface area contributed by atoms with Crippen LogP contribution in [-0.4, -0.2) is 17.3 Å². The molecule has 0 heterocycles. The van der Waals surface area contributed by atoms with Gasteiger partial charge in [0, 0.05) is 17.7 Å². The number of rotatable bonds is 2. The molecule has 66 valence electrons. The van der Waals surface area contributed by atoms with Gasteiger partial charge in [-0.15, -0.1) is 0 Å². The second-order valence-corrected chi connectivity index (χ2v) is 2.75. The maximum Gasteiger partial charge on any atom is 0.124 e. The summed E-state index contributed by atoms with van der Waals surface area (Å²) in [6.07, 6.45) is 0. The van der Waals surface area contributed by atoms with Gasteiger partial charge in [0.15, 0.2) is 0 Å². The predicted molar refractivity (Wildman–Crippen MR) is 47.2 cm³/mol. The van der Waals surface area contributed by atoms with Crippen molar-refractivity contribution in [3.63, 3.8) is 0 Å². The molecule has 0 aliphatic heterocycles. The first-order valence-corrected chi connectivity index (χ1v) is 3.84. The van der Waals surface area contributed by atoms with Crippen molar-refractivity contribution in [3.05, 3.63) is 23.8 Å². The maximum absolute atomic E-state index is 9.39. The number of hydrogen-bond donors (Lipinski definition) is 3. The molecule has 1 aromatic carbocycles. The zero-order chi connectivity index (χ0) is 9.14. The Morgan fingerprint density at radius 1 is 1.33 bits per heavy atom. The van der Waals surface area contributed by atoms with Crippen LogP contribution in [0.4, 0.5) is 0 Å². The monoisotopic (exact) mass is 167 g/mol. The van der Waals surface area contributed by atoms with Crippen LogP contribution in [0.15, 0.2) is 18.2 Å². The maximum atomic E-state index is 9.39. The number of hydrogen-bond acceptors (Lipinski definition) is 3. The molecule has 3 N–H and O–H groups in total. The Labute approximate surface area is 71.7 Å². The average Bonchev–Trinajstić information content (AvgIpc) is 2.03. The molecule has 0 saturated carbocycles. The van der Waals surface area contributed by atoms with Crippen molar-refractivity contribution in [2.24, 2.45) is 0 Å². The predicted octanol–water partition coefficient (Wildman–Crippen LogP) is 1.38. The molecular formula is C9H13NO2. The quantitative estimate of drug-likeness (QED) is 0.623. The smallest absolute Gasteiger partial charge is 0.124 e.